The lowest BCUT2D eigenvalue weighted by atomic mass is 10.0. The summed E-state index contributed by atoms with van der Waals surface area (Å²) in [4.78, 5) is 12.4. The molecule has 2 aromatic rings. The van der Waals surface area contributed by atoms with E-state index >= 15 is 0 Å². The smallest absolute Gasteiger partial charge is 0.251 e. The minimum Gasteiger partial charge on any atom is -0.348 e. The normalized spacial score (nSPS) is 14.1. The highest BCUT2D eigenvalue weighted by atomic mass is 35.5. The molecule has 7 heteroatoms. The lowest BCUT2D eigenvalue weighted by Gasteiger charge is -2.29. The van der Waals surface area contributed by atoms with Crippen LogP contribution in [0.15, 0.2) is 42.5 Å². The second-order valence-electron chi connectivity index (χ2n) is 6.06. The summed E-state index contributed by atoms with van der Waals surface area (Å²) in [6.07, 6.45) is 2.70. The Balaban J connectivity index is 1.78. The molecule has 1 amide bonds. The van der Waals surface area contributed by atoms with Gasteiger partial charge in [-0.05, 0) is 48.2 Å². The Morgan fingerprint density at radius 3 is 2.72 bits per heavy atom. The molecule has 1 N–H and O–H groups in total. The minimum absolute atomic E-state index is 0.209. The molecule has 0 fully saturated rings. The Kier molecular flexibility index (Phi) is 5.01. The van der Waals surface area contributed by atoms with Crippen LogP contribution in [0.25, 0.3) is 0 Å². The number of benzene rings is 2. The third-order valence-corrected chi connectivity index (χ3v) is 5.76. The molecule has 1 heterocycles. The van der Waals surface area contributed by atoms with E-state index in [0.29, 0.717) is 29.4 Å². The maximum absolute atomic E-state index is 12.4. The highest BCUT2D eigenvalue weighted by molar-refractivity contribution is 7.92. The molecular formula is C18H19ClN2O3S. The van der Waals surface area contributed by atoms with E-state index < -0.39 is 10.0 Å². The number of carbonyl (C=O) groups excluding carboxylic acids is 1. The van der Waals surface area contributed by atoms with E-state index in [9.17, 15) is 13.2 Å². The average molecular weight is 379 g/mol. The first-order chi connectivity index (χ1) is 11.9. The summed E-state index contributed by atoms with van der Waals surface area (Å²) in [7, 11) is -3.31. The standard InChI is InChI=1S/C18H19ClN2O3S/c1-25(23,24)21-10-4-6-13-11-14(8-9-17(13)21)18(22)20-12-15-5-2-3-7-16(15)19/h2-3,5,7-9,11H,4,6,10,12H2,1H3,(H,20,22). The summed E-state index contributed by atoms with van der Waals surface area (Å²) in [5.74, 6) is -0.209. The molecule has 0 radical (unpaired) electrons. The van der Waals surface area contributed by atoms with Gasteiger partial charge in [-0.1, -0.05) is 29.8 Å². The number of halogens is 1. The molecule has 5 nitrogen and oxygen atoms in total. The molecule has 0 saturated heterocycles. The van der Waals surface area contributed by atoms with Gasteiger partial charge >= 0.3 is 0 Å². The Morgan fingerprint density at radius 1 is 1.24 bits per heavy atom. The van der Waals surface area contributed by atoms with Crippen molar-refractivity contribution in [2.45, 2.75) is 19.4 Å². The van der Waals surface area contributed by atoms with Crippen LogP contribution >= 0.6 is 11.6 Å². The van der Waals surface area contributed by atoms with Crippen LogP contribution in [-0.4, -0.2) is 27.1 Å². The van der Waals surface area contributed by atoms with E-state index in [0.717, 1.165) is 24.0 Å². The molecular weight excluding hydrogens is 360 g/mol. The largest absolute Gasteiger partial charge is 0.348 e. The highest BCUT2D eigenvalue weighted by Crippen LogP contribution is 2.29. The number of hydrogen-bond acceptors (Lipinski definition) is 3. The first-order valence-electron chi connectivity index (χ1n) is 7.98. The van der Waals surface area contributed by atoms with Gasteiger partial charge < -0.3 is 5.32 Å². The fourth-order valence-electron chi connectivity index (χ4n) is 2.97. The summed E-state index contributed by atoms with van der Waals surface area (Å²) >= 11 is 6.09. The summed E-state index contributed by atoms with van der Waals surface area (Å²) < 4.78 is 25.2. The lowest BCUT2D eigenvalue weighted by molar-refractivity contribution is 0.0951. The first-order valence-corrected chi connectivity index (χ1v) is 10.2. The minimum atomic E-state index is -3.31. The van der Waals surface area contributed by atoms with Crippen LogP contribution in [0.1, 0.15) is 27.9 Å². The van der Waals surface area contributed by atoms with Gasteiger partial charge in [-0.15, -0.1) is 0 Å². The number of nitrogens with one attached hydrogen (secondary N) is 1. The molecule has 0 aromatic heterocycles. The van der Waals surface area contributed by atoms with Crippen molar-refractivity contribution >= 4 is 33.2 Å². The van der Waals surface area contributed by atoms with E-state index in [1.807, 2.05) is 18.2 Å². The monoisotopic (exact) mass is 378 g/mol. The molecule has 0 unspecified atom stereocenters. The van der Waals surface area contributed by atoms with Crippen molar-refractivity contribution < 1.29 is 13.2 Å². The summed E-state index contributed by atoms with van der Waals surface area (Å²) in [6.45, 7) is 0.814. The third-order valence-electron chi connectivity index (χ3n) is 4.22. The van der Waals surface area contributed by atoms with Crippen molar-refractivity contribution in [2.24, 2.45) is 0 Å². The molecule has 1 aliphatic heterocycles. The van der Waals surface area contributed by atoms with Crippen molar-refractivity contribution in [3.05, 3.63) is 64.2 Å². The van der Waals surface area contributed by atoms with E-state index in [4.69, 9.17) is 11.6 Å². The zero-order valence-corrected chi connectivity index (χ0v) is 15.4. The summed E-state index contributed by atoms with van der Waals surface area (Å²) in [5.41, 5.74) is 2.90. The van der Waals surface area contributed by atoms with Crippen LogP contribution in [0.5, 0.6) is 0 Å². The van der Waals surface area contributed by atoms with Crippen LogP contribution < -0.4 is 9.62 Å². The van der Waals surface area contributed by atoms with Gasteiger partial charge in [-0.2, -0.15) is 0 Å². The molecule has 3 rings (SSSR count). The Labute approximate surface area is 152 Å². The molecule has 0 bridgehead atoms. The van der Waals surface area contributed by atoms with Gasteiger partial charge in [-0.25, -0.2) is 8.42 Å². The van der Waals surface area contributed by atoms with E-state index in [-0.39, 0.29) is 5.91 Å². The van der Waals surface area contributed by atoms with Crippen LogP contribution in [0, 0.1) is 0 Å². The molecule has 25 heavy (non-hydrogen) atoms. The van der Waals surface area contributed by atoms with Crippen molar-refractivity contribution in [3.8, 4) is 0 Å². The predicted molar refractivity (Wildman–Crippen MR) is 99.6 cm³/mol. The van der Waals surface area contributed by atoms with Gasteiger partial charge in [0.05, 0.1) is 11.9 Å². The number of sulfonamides is 1. The quantitative estimate of drug-likeness (QED) is 0.889. The summed E-state index contributed by atoms with van der Waals surface area (Å²) in [5, 5.41) is 3.46. The van der Waals surface area contributed by atoms with Crippen LogP contribution in [-0.2, 0) is 23.0 Å². The maximum Gasteiger partial charge on any atom is 0.251 e. The van der Waals surface area contributed by atoms with Gasteiger partial charge in [0.1, 0.15) is 0 Å². The van der Waals surface area contributed by atoms with Crippen LogP contribution in [0.3, 0.4) is 0 Å². The number of nitrogens with zero attached hydrogens (tertiary/aromatic N) is 1. The molecule has 0 saturated carbocycles. The van der Waals surface area contributed by atoms with Gasteiger partial charge in [0.25, 0.3) is 5.91 Å². The third kappa shape index (κ3) is 3.96. The van der Waals surface area contributed by atoms with Crippen molar-refractivity contribution in [2.75, 3.05) is 17.1 Å². The van der Waals surface area contributed by atoms with Crippen LogP contribution in [0.4, 0.5) is 5.69 Å². The van der Waals surface area contributed by atoms with Gasteiger partial charge in [0, 0.05) is 23.7 Å². The van der Waals surface area contributed by atoms with Gasteiger partial charge in [-0.3, -0.25) is 9.10 Å². The van der Waals surface area contributed by atoms with Crippen molar-refractivity contribution in [3.63, 3.8) is 0 Å². The molecule has 2 aromatic carbocycles. The number of carbonyl (C=O) groups is 1. The first kappa shape index (κ1) is 17.8. The number of fused-ring (bicyclic) bond motifs is 1. The molecule has 132 valence electrons. The number of hydrogen-bond donors (Lipinski definition) is 1. The highest BCUT2D eigenvalue weighted by Gasteiger charge is 2.24. The second-order valence-corrected chi connectivity index (χ2v) is 8.37. The Morgan fingerprint density at radius 2 is 2.00 bits per heavy atom. The SMILES string of the molecule is CS(=O)(=O)N1CCCc2cc(C(=O)NCc3ccccc3Cl)ccc21. The molecule has 0 aliphatic carbocycles. The van der Waals surface area contributed by atoms with Crippen molar-refractivity contribution in [1.29, 1.82) is 0 Å². The number of rotatable bonds is 4. The predicted octanol–water partition coefficient (Wildman–Crippen LogP) is 2.98. The van der Waals surface area contributed by atoms with Crippen molar-refractivity contribution in [1.82, 2.24) is 5.32 Å². The molecule has 1 aliphatic rings. The Hall–Kier alpha value is -2.05. The van der Waals surface area contributed by atoms with E-state index in [1.54, 1.807) is 24.3 Å². The fourth-order valence-corrected chi connectivity index (χ4v) is 4.17. The topological polar surface area (TPSA) is 66.5 Å². The van der Waals surface area contributed by atoms with E-state index in [2.05, 4.69) is 5.32 Å². The number of aryl methyl sites for hydroxylation is 1. The summed E-state index contributed by atoms with van der Waals surface area (Å²) in [6, 6.07) is 12.5. The molecule has 0 atom stereocenters. The average Bonchev–Trinajstić information content (AvgIpc) is 2.59. The lowest BCUT2D eigenvalue weighted by Crippen LogP contribution is -2.34. The van der Waals surface area contributed by atoms with Gasteiger partial charge in [0.2, 0.25) is 10.0 Å². The number of amides is 1. The van der Waals surface area contributed by atoms with E-state index in [1.165, 1.54) is 10.6 Å². The van der Waals surface area contributed by atoms with Gasteiger partial charge in [0.15, 0.2) is 0 Å². The Bertz CT molecular complexity index is 912. The zero-order valence-electron chi connectivity index (χ0n) is 13.8. The second kappa shape index (κ2) is 7.06. The van der Waals surface area contributed by atoms with Crippen LogP contribution in [0.2, 0.25) is 5.02 Å². The fraction of sp³-hybridized carbons (Fsp3) is 0.278. The maximum atomic E-state index is 12.4. The molecule has 0 spiro atoms. The zero-order chi connectivity index (χ0) is 18.0. The number of anilines is 1.